The molecule has 0 aliphatic carbocycles. The number of amides is 1. The lowest BCUT2D eigenvalue weighted by Gasteiger charge is -2.32. The third kappa shape index (κ3) is 5.37. The molecular formula is C19H32ClN3O4S. The van der Waals surface area contributed by atoms with Gasteiger partial charge in [0.2, 0.25) is 15.9 Å². The maximum absolute atomic E-state index is 13.3. The lowest BCUT2D eigenvalue weighted by molar-refractivity contribution is -0.126. The summed E-state index contributed by atoms with van der Waals surface area (Å²) in [5.41, 5.74) is 6.93. The van der Waals surface area contributed by atoms with E-state index in [1.165, 1.54) is 4.31 Å². The van der Waals surface area contributed by atoms with Crippen LogP contribution >= 0.6 is 12.4 Å². The molecule has 1 fully saturated rings. The smallest absolute Gasteiger partial charge is 0.243 e. The SMILES string of the molecule is COc1cc(C)c(S(=O)(=O)N2CCCC(C(=O)NCCN)C2)cc1C(C)C.Cl. The van der Waals surface area contributed by atoms with Gasteiger partial charge in [-0.25, -0.2) is 8.42 Å². The number of hydrogen-bond donors (Lipinski definition) is 2. The van der Waals surface area contributed by atoms with Gasteiger partial charge in [-0.2, -0.15) is 4.31 Å². The van der Waals surface area contributed by atoms with Crippen molar-refractivity contribution in [3.8, 4) is 5.75 Å². The fourth-order valence-electron chi connectivity index (χ4n) is 3.44. The van der Waals surface area contributed by atoms with Crippen LogP contribution in [0, 0.1) is 12.8 Å². The number of hydrogen-bond acceptors (Lipinski definition) is 5. The number of halogens is 1. The summed E-state index contributed by atoms with van der Waals surface area (Å²) < 4.78 is 33.4. The first kappa shape index (κ1) is 24.7. The first-order valence-electron chi connectivity index (χ1n) is 9.38. The minimum Gasteiger partial charge on any atom is -0.496 e. The summed E-state index contributed by atoms with van der Waals surface area (Å²) in [7, 11) is -2.10. The van der Waals surface area contributed by atoms with E-state index in [4.69, 9.17) is 10.5 Å². The summed E-state index contributed by atoms with van der Waals surface area (Å²) in [6.45, 7) is 7.16. The number of aryl methyl sites for hydroxylation is 1. The van der Waals surface area contributed by atoms with Crippen molar-refractivity contribution < 1.29 is 17.9 Å². The van der Waals surface area contributed by atoms with Gasteiger partial charge in [0.05, 0.1) is 17.9 Å². The highest BCUT2D eigenvalue weighted by molar-refractivity contribution is 7.89. The highest BCUT2D eigenvalue weighted by Crippen LogP contribution is 2.33. The summed E-state index contributed by atoms with van der Waals surface area (Å²) in [6, 6.07) is 3.49. The molecule has 0 saturated carbocycles. The molecule has 1 aliphatic rings. The number of nitrogens with two attached hydrogens (primary N) is 1. The van der Waals surface area contributed by atoms with Crippen LogP contribution in [0.2, 0.25) is 0 Å². The Kier molecular flexibility index (Phi) is 9.20. The van der Waals surface area contributed by atoms with Crippen molar-refractivity contribution in [3.63, 3.8) is 0 Å². The van der Waals surface area contributed by atoms with Crippen LogP contribution in [0.1, 0.15) is 43.7 Å². The van der Waals surface area contributed by atoms with Gasteiger partial charge in [0.15, 0.2) is 0 Å². The zero-order valence-electron chi connectivity index (χ0n) is 17.0. The van der Waals surface area contributed by atoms with Crippen molar-refractivity contribution in [2.75, 3.05) is 33.3 Å². The Bertz CT molecular complexity index is 784. The number of carbonyl (C=O) groups excluding carboxylic acids is 1. The number of piperidine rings is 1. The van der Waals surface area contributed by atoms with E-state index in [1.807, 2.05) is 13.8 Å². The quantitative estimate of drug-likeness (QED) is 0.684. The number of carbonyl (C=O) groups is 1. The molecule has 9 heteroatoms. The molecule has 1 amide bonds. The molecule has 0 spiro atoms. The van der Waals surface area contributed by atoms with E-state index in [0.717, 1.165) is 5.56 Å². The van der Waals surface area contributed by atoms with Gasteiger partial charge in [-0.15, -0.1) is 12.4 Å². The Morgan fingerprint density at radius 2 is 2.07 bits per heavy atom. The molecule has 1 aromatic rings. The molecule has 1 unspecified atom stereocenters. The maximum atomic E-state index is 13.3. The second-order valence-electron chi connectivity index (χ2n) is 7.30. The molecule has 28 heavy (non-hydrogen) atoms. The molecule has 0 aromatic heterocycles. The van der Waals surface area contributed by atoms with Crippen LogP contribution < -0.4 is 15.8 Å². The average Bonchev–Trinajstić information content (AvgIpc) is 2.65. The number of benzene rings is 1. The van der Waals surface area contributed by atoms with Gasteiger partial charge in [0.25, 0.3) is 0 Å². The number of methoxy groups -OCH3 is 1. The van der Waals surface area contributed by atoms with Gasteiger partial charge in [0, 0.05) is 26.2 Å². The van der Waals surface area contributed by atoms with Crippen molar-refractivity contribution in [1.82, 2.24) is 9.62 Å². The fourth-order valence-corrected chi connectivity index (χ4v) is 5.20. The summed E-state index contributed by atoms with van der Waals surface area (Å²) in [5, 5.41) is 2.76. The number of ether oxygens (including phenoxy) is 1. The standard InChI is InChI=1S/C19H31N3O4S.ClH/c1-13(2)16-11-18(14(3)10-17(16)26-4)27(24,25)22-9-5-6-15(12-22)19(23)21-8-7-20;/h10-11,13,15H,5-9,12,20H2,1-4H3,(H,21,23);1H. The fraction of sp³-hybridized carbons (Fsp3) is 0.632. The van der Waals surface area contributed by atoms with Crippen molar-refractivity contribution in [1.29, 1.82) is 0 Å². The lowest BCUT2D eigenvalue weighted by atomic mass is 9.99. The van der Waals surface area contributed by atoms with E-state index < -0.39 is 10.0 Å². The van der Waals surface area contributed by atoms with Crippen LogP contribution in [0.4, 0.5) is 0 Å². The second-order valence-corrected chi connectivity index (χ2v) is 9.20. The minimum atomic E-state index is -3.69. The first-order valence-corrected chi connectivity index (χ1v) is 10.8. The van der Waals surface area contributed by atoms with Crippen LogP contribution in [0.5, 0.6) is 5.75 Å². The molecule has 7 nitrogen and oxygen atoms in total. The largest absolute Gasteiger partial charge is 0.496 e. The van der Waals surface area contributed by atoms with Gasteiger partial charge < -0.3 is 15.8 Å². The summed E-state index contributed by atoms with van der Waals surface area (Å²) >= 11 is 0. The number of nitrogens with one attached hydrogen (secondary N) is 1. The first-order chi connectivity index (χ1) is 12.7. The average molecular weight is 434 g/mol. The summed E-state index contributed by atoms with van der Waals surface area (Å²) in [5.74, 6) is 0.350. The van der Waals surface area contributed by atoms with Crippen LogP contribution in [0.3, 0.4) is 0 Å². The molecule has 1 aromatic carbocycles. The second kappa shape index (κ2) is 10.4. The van der Waals surface area contributed by atoms with Crippen molar-refractivity contribution >= 4 is 28.3 Å². The Morgan fingerprint density at radius 3 is 2.64 bits per heavy atom. The number of rotatable bonds is 7. The van der Waals surface area contributed by atoms with E-state index in [9.17, 15) is 13.2 Å². The van der Waals surface area contributed by atoms with E-state index in [2.05, 4.69) is 5.32 Å². The zero-order valence-corrected chi connectivity index (χ0v) is 18.7. The van der Waals surface area contributed by atoms with Crippen LogP contribution in [0.25, 0.3) is 0 Å². The molecule has 1 heterocycles. The van der Waals surface area contributed by atoms with Crippen LogP contribution in [0.15, 0.2) is 17.0 Å². The van der Waals surface area contributed by atoms with E-state index in [1.54, 1.807) is 26.2 Å². The van der Waals surface area contributed by atoms with E-state index in [-0.39, 0.29) is 41.6 Å². The monoisotopic (exact) mass is 433 g/mol. The van der Waals surface area contributed by atoms with Gasteiger partial charge in [-0.1, -0.05) is 13.8 Å². The van der Waals surface area contributed by atoms with Crippen molar-refractivity contribution in [2.24, 2.45) is 11.7 Å². The van der Waals surface area contributed by atoms with Crippen molar-refractivity contribution in [2.45, 2.75) is 44.4 Å². The molecule has 3 N–H and O–H groups in total. The normalized spacial score (nSPS) is 17.9. The number of nitrogens with zero attached hydrogens (tertiary/aromatic N) is 1. The molecule has 1 saturated heterocycles. The summed E-state index contributed by atoms with van der Waals surface area (Å²) in [6.07, 6.45) is 1.34. The van der Waals surface area contributed by atoms with E-state index in [0.29, 0.717) is 43.8 Å². The zero-order chi connectivity index (χ0) is 20.2. The van der Waals surface area contributed by atoms with Crippen molar-refractivity contribution in [3.05, 3.63) is 23.3 Å². The maximum Gasteiger partial charge on any atom is 0.243 e. The molecule has 1 atom stereocenters. The van der Waals surface area contributed by atoms with Gasteiger partial charge in [-0.3, -0.25) is 4.79 Å². The number of sulfonamides is 1. The van der Waals surface area contributed by atoms with Gasteiger partial charge in [-0.05, 0) is 48.9 Å². The molecule has 1 aliphatic heterocycles. The van der Waals surface area contributed by atoms with Gasteiger partial charge in [0.1, 0.15) is 5.75 Å². The predicted octanol–water partition coefficient (Wildman–Crippen LogP) is 2.02. The molecule has 0 radical (unpaired) electrons. The highest BCUT2D eigenvalue weighted by Gasteiger charge is 2.34. The highest BCUT2D eigenvalue weighted by atomic mass is 35.5. The summed E-state index contributed by atoms with van der Waals surface area (Å²) in [4.78, 5) is 12.5. The third-order valence-electron chi connectivity index (χ3n) is 4.97. The molecular weight excluding hydrogens is 402 g/mol. The lowest BCUT2D eigenvalue weighted by Crippen LogP contribution is -2.46. The van der Waals surface area contributed by atoms with Crippen LogP contribution in [-0.2, 0) is 14.8 Å². The van der Waals surface area contributed by atoms with Gasteiger partial charge >= 0.3 is 0 Å². The van der Waals surface area contributed by atoms with E-state index >= 15 is 0 Å². The Morgan fingerprint density at radius 1 is 1.39 bits per heavy atom. The molecule has 2 rings (SSSR count). The van der Waals surface area contributed by atoms with Crippen LogP contribution in [-0.4, -0.2) is 51.9 Å². The predicted molar refractivity (Wildman–Crippen MR) is 113 cm³/mol. The third-order valence-corrected chi connectivity index (χ3v) is 6.97. The minimum absolute atomic E-state index is 0. The topological polar surface area (TPSA) is 102 Å². The Balaban J connectivity index is 0.00000392. The Labute approximate surface area is 174 Å². The molecule has 0 bridgehead atoms. The Hall–Kier alpha value is -1.35. The molecule has 160 valence electrons.